The number of benzene rings is 2. The van der Waals surface area contributed by atoms with E-state index in [-0.39, 0.29) is 16.9 Å². The van der Waals surface area contributed by atoms with Crippen molar-refractivity contribution in [1.82, 2.24) is 4.90 Å². The van der Waals surface area contributed by atoms with E-state index in [1.54, 1.807) is 6.92 Å². The van der Waals surface area contributed by atoms with Gasteiger partial charge in [-0.3, -0.25) is 4.79 Å². The average molecular weight is 702 g/mol. The van der Waals surface area contributed by atoms with Crippen LogP contribution in [0.1, 0.15) is 153 Å². The Kier molecular flexibility index (Phi) is 24.5. The highest BCUT2D eigenvalue weighted by molar-refractivity contribution is 5.73. The van der Waals surface area contributed by atoms with Gasteiger partial charge in [0.05, 0.1) is 5.60 Å². The fraction of sp³-hybridized carbons (Fsp3) is 0.604. The lowest BCUT2D eigenvalue weighted by Crippen LogP contribution is -2.57. The van der Waals surface area contributed by atoms with Crippen molar-refractivity contribution in [3.05, 3.63) is 108 Å². The van der Waals surface area contributed by atoms with E-state index in [2.05, 4.69) is 146 Å². The lowest BCUT2D eigenvalue weighted by Gasteiger charge is -2.57. The first kappa shape index (κ1) is 48.1. The predicted molar refractivity (Wildman–Crippen MR) is 226 cm³/mol. The molecular weight excluding hydrogens is 623 g/mol. The Morgan fingerprint density at radius 2 is 1.31 bits per heavy atom. The molecule has 7 rings (SSSR count). The van der Waals surface area contributed by atoms with Crippen LogP contribution in [0, 0.1) is 23.7 Å². The number of rotatable bonds is 5. The maximum Gasteiger partial charge on any atom is 0.219 e. The summed E-state index contributed by atoms with van der Waals surface area (Å²) >= 11 is 0. The van der Waals surface area contributed by atoms with Crippen LogP contribution in [0.15, 0.2) is 96.6 Å². The molecule has 1 N–H and O–H groups in total. The molecule has 4 fully saturated rings. The van der Waals surface area contributed by atoms with Gasteiger partial charge in [-0.2, -0.15) is 0 Å². The van der Waals surface area contributed by atoms with Crippen LogP contribution in [0.5, 0.6) is 0 Å². The molecule has 6 atom stereocenters. The van der Waals surface area contributed by atoms with E-state index < -0.39 is 0 Å². The molecule has 2 aromatic rings. The van der Waals surface area contributed by atoms with Crippen molar-refractivity contribution in [2.45, 2.75) is 158 Å². The van der Waals surface area contributed by atoms with Crippen molar-refractivity contribution in [3.8, 4) is 0 Å². The number of fused-ring (bicyclic) bond motifs is 2. The summed E-state index contributed by atoms with van der Waals surface area (Å²) in [6.07, 6.45) is 20.5. The first-order chi connectivity index (χ1) is 24.4. The van der Waals surface area contributed by atoms with E-state index in [4.69, 9.17) is 0 Å². The molecule has 2 aromatic carbocycles. The molecule has 5 aliphatic carbocycles. The van der Waals surface area contributed by atoms with Crippen LogP contribution >= 0.6 is 0 Å². The van der Waals surface area contributed by atoms with E-state index in [1.165, 1.54) is 48.8 Å². The second-order valence-corrected chi connectivity index (χ2v) is 14.5. The molecule has 0 aromatic heterocycles. The number of hydrogen-bond acceptors (Lipinski definition) is 2. The summed E-state index contributed by atoms with van der Waals surface area (Å²) in [6, 6.07) is 22.1. The van der Waals surface area contributed by atoms with E-state index in [0.29, 0.717) is 12.0 Å². The zero-order chi connectivity index (χ0) is 39.0. The first-order valence-corrected chi connectivity index (χ1v) is 20.5. The monoisotopic (exact) mass is 702 g/mol. The van der Waals surface area contributed by atoms with E-state index in [9.17, 15) is 9.90 Å². The minimum atomic E-state index is -0.248. The third-order valence-electron chi connectivity index (χ3n) is 10.2. The van der Waals surface area contributed by atoms with E-state index in [1.807, 2.05) is 39.6 Å². The van der Waals surface area contributed by atoms with Crippen LogP contribution < -0.4 is 0 Å². The number of carbonyl (C=O) groups is 1. The van der Waals surface area contributed by atoms with Crippen LogP contribution in [-0.2, 0) is 10.2 Å². The molecule has 3 heteroatoms. The number of allylic oxidation sites excluding steroid dienone is 6. The van der Waals surface area contributed by atoms with Crippen LogP contribution in [0.4, 0.5) is 0 Å². The fourth-order valence-electron chi connectivity index (χ4n) is 7.19. The van der Waals surface area contributed by atoms with E-state index >= 15 is 0 Å². The van der Waals surface area contributed by atoms with Gasteiger partial charge in [-0.05, 0) is 79.4 Å². The van der Waals surface area contributed by atoms with Crippen molar-refractivity contribution >= 4 is 5.91 Å². The Hall–Kier alpha value is -2.91. The van der Waals surface area contributed by atoms with Gasteiger partial charge in [0.2, 0.25) is 5.91 Å². The third kappa shape index (κ3) is 14.9. The molecule has 0 radical (unpaired) electrons. The summed E-state index contributed by atoms with van der Waals surface area (Å²) in [7, 11) is 1.89. The third-order valence-corrected chi connectivity index (χ3v) is 10.2. The first-order valence-electron chi connectivity index (χ1n) is 20.5. The smallest absolute Gasteiger partial charge is 0.219 e. The lowest BCUT2D eigenvalue weighted by atomic mass is 9.52. The van der Waals surface area contributed by atoms with Gasteiger partial charge in [0.25, 0.3) is 0 Å². The van der Waals surface area contributed by atoms with E-state index in [0.717, 1.165) is 37.0 Å². The van der Waals surface area contributed by atoms with Crippen molar-refractivity contribution < 1.29 is 9.90 Å². The predicted octanol–water partition coefficient (Wildman–Crippen LogP) is 13.4. The molecule has 6 unspecified atom stereocenters. The molecule has 1 amide bonds. The lowest BCUT2D eigenvalue weighted by molar-refractivity contribution is -0.177. The van der Waals surface area contributed by atoms with Gasteiger partial charge >= 0.3 is 0 Å². The van der Waals surface area contributed by atoms with Crippen molar-refractivity contribution in [2.24, 2.45) is 23.7 Å². The molecule has 288 valence electrons. The summed E-state index contributed by atoms with van der Waals surface area (Å²) in [4.78, 5) is 12.7. The zero-order valence-corrected chi connectivity index (χ0v) is 35.5. The topological polar surface area (TPSA) is 40.5 Å². The van der Waals surface area contributed by atoms with Gasteiger partial charge < -0.3 is 10.0 Å². The van der Waals surface area contributed by atoms with Crippen molar-refractivity contribution in [1.29, 1.82) is 0 Å². The Bertz CT molecular complexity index is 1220. The maximum atomic E-state index is 10.8. The Morgan fingerprint density at radius 1 is 0.824 bits per heavy atom. The van der Waals surface area contributed by atoms with Gasteiger partial charge in [0.1, 0.15) is 0 Å². The highest BCUT2D eigenvalue weighted by Gasteiger charge is 2.54. The molecule has 2 bridgehead atoms. The molecule has 51 heavy (non-hydrogen) atoms. The summed E-state index contributed by atoms with van der Waals surface area (Å²) in [5.74, 6) is 3.17. The Morgan fingerprint density at radius 3 is 1.69 bits per heavy atom. The standard InChI is InChI=1S/C21H20.C9H16O.C8H15NO.2C3H8.2C2H6/c1-21(19-14-8-4-9-15-19,20-16-10-5-11-17-20)18-12-6-2-3-7-13-18;1-6-3-8-5-9(10,4-6)7(8)2;1-4-7-5-8(7)9(3)6(2)10;2*1-3-2;2*1-2/h2,4-17H,3H2,1H3;6-8,10H,3-5H2,1-2H3;7-8H,4-5H2,1-3H3;2*3H2,1-2H3;2*1-2H3. The van der Waals surface area contributed by atoms with Gasteiger partial charge in [0.15, 0.2) is 0 Å². The highest BCUT2D eigenvalue weighted by atomic mass is 16.3. The van der Waals surface area contributed by atoms with Crippen LogP contribution in [-0.4, -0.2) is 34.6 Å². The number of carbonyl (C=O) groups excluding carboxylic acids is 1. The zero-order valence-electron chi connectivity index (χ0n) is 35.5. The van der Waals surface area contributed by atoms with Gasteiger partial charge in [0, 0.05) is 25.4 Å². The highest BCUT2D eigenvalue weighted by Crippen LogP contribution is 2.55. The van der Waals surface area contributed by atoms with Gasteiger partial charge in [-0.25, -0.2) is 0 Å². The van der Waals surface area contributed by atoms with Crippen LogP contribution in [0.3, 0.4) is 0 Å². The molecule has 3 nitrogen and oxygen atoms in total. The Balaban J connectivity index is 0.000000702. The second-order valence-electron chi connectivity index (χ2n) is 14.5. The molecule has 4 saturated carbocycles. The minimum Gasteiger partial charge on any atom is -0.390 e. The largest absolute Gasteiger partial charge is 0.390 e. The molecule has 0 spiro atoms. The molecule has 0 heterocycles. The van der Waals surface area contributed by atoms with Crippen LogP contribution in [0.25, 0.3) is 0 Å². The molecule has 5 aliphatic rings. The summed E-state index contributed by atoms with van der Waals surface area (Å²) in [5.41, 5.74) is 3.59. The number of nitrogens with zero attached hydrogens (tertiary/aromatic N) is 1. The quantitative estimate of drug-likeness (QED) is 0.337. The SMILES string of the molecule is CC.CC.CC(C1=CC=CCC=C1)(c1ccccc1)c1ccccc1.CC1CC2CC(O)(C1)C2C.CCC.CCC.CCC1CC1N(C)C(C)=O. The summed E-state index contributed by atoms with van der Waals surface area (Å²) in [6.45, 7) is 27.1. The van der Waals surface area contributed by atoms with Gasteiger partial charge in [-0.15, -0.1) is 0 Å². The molecule has 0 aliphatic heterocycles. The van der Waals surface area contributed by atoms with Crippen molar-refractivity contribution in [3.63, 3.8) is 0 Å². The summed E-state index contributed by atoms with van der Waals surface area (Å²) < 4.78 is 0. The number of aliphatic hydroxyl groups is 1. The Labute approximate surface area is 316 Å². The number of hydrogen-bond donors (Lipinski definition) is 1. The van der Waals surface area contributed by atoms with Gasteiger partial charge in [-0.1, -0.05) is 186 Å². The maximum absolute atomic E-state index is 10.8. The summed E-state index contributed by atoms with van der Waals surface area (Å²) in [5, 5.41) is 9.88. The minimum absolute atomic E-state index is 0.131. The van der Waals surface area contributed by atoms with Crippen molar-refractivity contribution in [2.75, 3.05) is 7.05 Å². The fourth-order valence-corrected chi connectivity index (χ4v) is 7.19. The van der Waals surface area contributed by atoms with Crippen LogP contribution in [0.2, 0.25) is 0 Å². The molecule has 0 saturated heterocycles. The molecular formula is C48H79NO2. The second kappa shape index (κ2) is 25.9. The number of amides is 1. The average Bonchev–Trinajstić information content (AvgIpc) is 3.98. The normalized spacial score (nSPS) is 24.5.